The van der Waals surface area contributed by atoms with Gasteiger partial charge < -0.3 is 4.74 Å². The fourth-order valence-electron chi connectivity index (χ4n) is 2.70. The quantitative estimate of drug-likeness (QED) is 0.466. The molecule has 2 aromatic carbocycles. The van der Waals surface area contributed by atoms with Crippen LogP contribution < -0.4 is 4.74 Å². The zero-order valence-electron chi connectivity index (χ0n) is 14.9. The average molecular weight is 362 g/mol. The third-order valence-electron chi connectivity index (χ3n) is 4.22. The van der Waals surface area contributed by atoms with Crippen LogP contribution in [0.25, 0.3) is 10.6 Å². The van der Waals surface area contributed by atoms with Gasteiger partial charge in [-0.05, 0) is 43.9 Å². The first-order valence-corrected chi connectivity index (χ1v) is 9.68. The van der Waals surface area contributed by atoms with Gasteiger partial charge in [-0.2, -0.15) is 5.26 Å². The molecular formula is C22H22N2OS. The van der Waals surface area contributed by atoms with E-state index in [1.807, 2.05) is 30.3 Å². The van der Waals surface area contributed by atoms with E-state index in [4.69, 9.17) is 15.0 Å². The van der Waals surface area contributed by atoms with Crippen LogP contribution in [0.4, 0.5) is 0 Å². The van der Waals surface area contributed by atoms with Crippen molar-refractivity contribution in [2.24, 2.45) is 0 Å². The molecule has 0 aliphatic carbocycles. The van der Waals surface area contributed by atoms with Gasteiger partial charge in [0.1, 0.15) is 17.4 Å². The highest BCUT2D eigenvalue weighted by atomic mass is 32.1. The first-order valence-electron chi connectivity index (χ1n) is 8.86. The first kappa shape index (κ1) is 18.2. The lowest BCUT2D eigenvalue weighted by Gasteiger charge is -2.06. The zero-order chi connectivity index (χ0) is 18.2. The van der Waals surface area contributed by atoms with Crippen LogP contribution in [0, 0.1) is 18.3 Å². The Morgan fingerprint density at radius 1 is 1.04 bits per heavy atom. The Hall–Kier alpha value is -2.64. The Bertz CT molecular complexity index is 863. The normalized spacial score (nSPS) is 10.5. The van der Waals surface area contributed by atoms with Crippen LogP contribution in [-0.2, 0) is 13.0 Å². The number of thiazole rings is 1. The standard InChI is InChI=1S/C22H22N2OS/c1-17-21(24-22(26-17)19-9-5-2-6-10-19)16-25-20-13-11-18(12-14-20)8-4-3-7-15-23/h2,5-6,9-14H,3-4,7-8,16H2,1H3. The maximum atomic E-state index is 8.57. The van der Waals surface area contributed by atoms with Gasteiger partial charge in [-0.3, -0.25) is 0 Å². The van der Waals surface area contributed by atoms with Crippen molar-refractivity contribution >= 4 is 11.3 Å². The summed E-state index contributed by atoms with van der Waals surface area (Å²) in [6.45, 7) is 2.57. The van der Waals surface area contributed by atoms with Crippen molar-refractivity contribution < 1.29 is 4.74 Å². The van der Waals surface area contributed by atoms with Gasteiger partial charge in [0, 0.05) is 16.9 Å². The van der Waals surface area contributed by atoms with E-state index in [9.17, 15) is 0 Å². The van der Waals surface area contributed by atoms with Crippen LogP contribution in [-0.4, -0.2) is 4.98 Å². The van der Waals surface area contributed by atoms with E-state index >= 15 is 0 Å². The van der Waals surface area contributed by atoms with Gasteiger partial charge in [-0.15, -0.1) is 11.3 Å². The number of aryl methyl sites for hydroxylation is 2. The average Bonchev–Trinajstić information content (AvgIpc) is 3.06. The highest BCUT2D eigenvalue weighted by molar-refractivity contribution is 7.15. The number of aromatic nitrogens is 1. The molecule has 0 unspecified atom stereocenters. The maximum Gasteiger partial charge on any atom is 0.131 e. The predicted octanol–water partition coefficient (Wildman–Crippen LogP) is 5.93. The van der Waals surface area contributed by atoms with Crippen LogP contribution in [0.15, 0.2) is 54.6 Å². The number of hydrogen-bond donors (Lipinski definition) is 0. The molecular weight excluding hydrogens is 340 g/mol. The molecule has 0 aliphatic heterocycles. The summed E-state index contributed by atoms with van der Waals surface area (Å²) in [5.41, 5.74) is 3.42. The molecule has 3 nitrogen and oxygen atoms in total. The molecule has 0 saturated carbocycles. The highest BCUT2D eigenvalue weighted by Crippen LogP contribution is 2.28. The molecule has 0 N–H and O–H groups in total. The van der Waals surface area contributed by atoms with Gasteiger partial charge in [0.15, 0.2) is 0 Å². The van der Waals surface area contributed by atoms with Crippen LogP contribution in [0.1, 0.15) is 35.4 Å². The first-order chi connectivity index (χ1) is 12.8. The van der Waals surface area contributed by atoms with Gasteiger partial charge in [-0.25, -0.2) is 4.98 Å². The molecule has 0 aliphatic rings. The van der Waals surface area contributed by atoms with E-state index in [2.05, 4.69) is 37.3 Å². The van der Waals surface area contributed by atoms with E-state index in [1.54, 1.807) is 11.3 Å². The number of unbranched alkanes of at least 4 members (excludes halogenated alkanes) is 2. The van der Waals surface area contributed by atoms with Crippen molar-refractivity contribution in [1.29, 1.82) is 5.26 Å². The SMILES string of the molecule is Cc1sc(-c2ccccc2)nc1COc1ccc(CCCCC#N)cc1. The summed E-state index contributed by atoms with van der Waals surface area (Å²) in [5, 5.41) is 9.60. The highest BCUT2D eigenvalue weighted by Gasteiger charge is 2.10. The minimum absolute atomic E-state index is 0.483. The summed E-state index contributed by atoms with van der Waals surface area (Å²) >= 11 is 1.70. The second-order valence-electron chi connectivity index (χ2n) is 6.19. The van der Waals surface area contributed by atoms with Crippen LogP contribution >= 0.6 is 11.3 Å². The minimum atomic E-state index is 0.483. The smallest absolute Gasteiger partial charge is 0.131 e. The van der Waals surface area contributed by atoms with Crippen LogP contribution in [0.2, 0.25) is 0 Å². The molecule has 26 heavy (non-hydrogen) atoms. The van der Waals surface area contributed by atoms with Crippen molar-refractivity contribution in [3.8, 4) is 22.4 Å². The Morgan fingerprint density at radius 3 is 2.54 bits per heavy atom. The third kappa shape index (κ3) is 4.93. The lowest BCUT2D eigenvalue weighted by atomic mass is 10.1. The Labute approximate surface area is 158 Å². The Morgan fingerprint density at radius 2 is 1.81 bits per heavy atom. The molecule has 1 aromatic heterocycles. The summed E-state index contributed by atoms with van der Waals surface area (Å²) in [5.74, 6) is 0.861. The van der Waals surface area contributed by atoms with Gasteiger partial charge in [0.2, 0.25) is 0 Å². The number of benzene rings is 2. The molecule has 132 valence electrons. The van der Waals surface area contributed by atoms with Gasteiger partial charge in [0.05, 0.1) is 11.8 Å². The topological polar surface area (TPSA) is 45.9 Å². The summed E-state index contributed by atoms with van der Waals surface area (Å²) in [6, 6.07) is 20.7. The molecule has 0 bridgehead atoms. The maximum absolute atomic E-state index is 8.57. The molecule has 0 amide bonds. The zero-order valence-corrected chi connectivity index (χ0v) is 15.8. The summed E-state index contributed by atoms with van der Waals surface area (Å²) in [4.78, 5) is 5.93. The Balaban J connectivity index is 1.56. The molecule has 0 spiro atoms. The van der Waals surface area contributed by atoms with Gasteiger partial charge in [0.25, 0.3) is 0 Å². The van der Waals surface area contributed by atoms with Crippen LogP contribution in [0.5, 0.6) is 5.75 Å². The van der Waals surface area contributed by atoms with E-state index in [-0.39, 0.29) is 0 Å². The molecule has 0 saturated heterocycles. The minimum Gasteiger partial charge on any atom is -0.487 e. The number of rotatable bonds is 8. The van der Waals surface area contributed by atoms with E-state index < -0.39 is 0 Å². The van der Waals surface area contributed by atoms with Gasteiger partial charge in [-0.1, -0.05) is 42.5 Å². The fourth-order valence-corrected chi connectivity index (χ4v) is 3.63. The fraction of sp³-hybridized carbons (Fsp3) is 0.273. The second-order valence-corrected chi connectivity index (χ2v) is 7.39. The lowest BCUT2D eigenvalue weighted by Crippen LogP contribution is -1.97. The summed E-state index contributed by atoms with van der Waals surface area (Å²) in [7, 11) is 0. The molecule has 3 rings (SSSR count). The monoisotopic (exact) mass is 362 g/mol. The third-order valence-corrected chi connectivity index (χ3v) is 5.28. The molecule has 0 atom stereocenters. The van der Waals surface area contributed by atoms with E-state index in [1.165, 1.54) is 10.4 Å². The number of hydrogen-bond acceptors (Lipinski definition) is 4. The predicted molar refractivity (Wildman–Crippen MR) is 106 cm³/mol. The van der Waals surface area contributed by atoms with Gasteiger partial charge >= 0.3 is 0 Å². The number of ether oxygens (including phenoxy) is 1. The Kier molecular flexibility index (Phi) is 6.40. The van der Waals surface area contributed by atoms with Crippen molar-refractivity contribution in [2.75, 3.05) is 0 Å². The van der Waals surface area contributed by atoms with E-state index in [0.717, 1.165) is 41.3 Å². The molecule has 0 fully saturated rings. The van der Waals surface area contributed by atoms with Crippen LogP contribution in [0.3, 0.4) is 0 Å². The largest absolute Gasteiger partial charge is 0.487 e. The lowest BCUT2D eigenvalue weighted by molar-refractivity contribution is 0.301. The number of nitrogens with zero attached hydrogens (tertiary/aromatic N) is 2. The van der Waals surface area contributed by atoms with Crippen molar-refractivity contribution in [2.45, 2.75) is 39.2 Å². The molecule has 3 aromatic rings. The van der Waals surface area contributed by atoms with E-state index in [0.29, 0.717) is 13.0 Å². The molecule has 0 radical (unpaired) electrons. The van der Waals surface area contributed by atoms with Crippen molar-refractivity contribution in [3.63, 3.8) is 0 Å². The number of nitriles is 1. The summed E-state index contributed by atoms with van der Waals surface area (Å²) in [6.07, 6.45) is 3.66. The van der Waals surface area contributed by atoms with Crippen molar-refractivity contribution in [3.05, 3.63) is 70.7 Å². The summed E-state index contributed by atoms with van der Waals surface area (Å²) < 4.78 is 5.92. The van der Waals surface area contributed by atoms with Crippen molar-refractivity contribution in [1.82, 2.24) is 4.98 Å². The molecule has 4 heteroatoms. The molecule has 1 heterocycles. The second kappa shape index (κ2) is 9.17.